The number of nitrogens with two attached hydrogens (primary N) is 1. The third-order valence-corrected chi connectivity index (χ3v) is 3.89. The third-order valence-electron chi connectivity index (χ3n) is 2.90. The van der Waals surface area contributed by atoms with Gasteiger partial charge >= 0.3 is 0 Å². The summed E-state index contributed by atoms with van der Waals surface area (Å²) in [6, 6.07) is 9.39. The standard InChI is InChI=1S/C14H17N3O2S/c1-9-12(20-14(15)16-9)13(19)17-11(8-18)7-10-5-3-2-4-6-10/h2-6,11,18H,7-8H2,1H3,(H2,15,16)(H,17,19). The van der Waals surface area contributed by atoms with Gasteiger partial charge in [-0.2, -0.15) is 0 Å². The maximum atomic E-state index is 12.1. The zero-order valence-corrected chi connectivity index (χ0v) is 12.0. The molecule has 1 unspecified atom stereocenters. The van der Waals surface area contributed by atoms with Gasteiger partial charge in [-0.25, -0.2) is 4.98 Å². The summed E-state index contributed by atoms with van der Waals surface area (Å²) in [6.07, 6.45) is 0.580. The number of amides is 1. The molecule has 4 N–H and O–H groups in total. The molecule has 1 aromatic carbocycles. The SMILES string of the molecule is Cc1nc(N)sc1C(=O)NC(CO)Cc1ccccc1. The molecular formula is C14H17N3O2S. The summed E-state index contributed by atoms with van der Waals surface area (Å²) in [5.74, 6) is -0.244. The first-order valence-electron chi connectivity index (χ1n) is 6.28. The lowest BCUT2D eigenvalue weighted by Gasteiger charge is -2.16. The minimum atomic E-state index is -0.326. The number of aliphatic hydroxyl groups excluding tert-OH is 1. The predicted molar refractivity (Wildman–Crippen MR) is 79.7 cm³/mol. The van der Waals surface area contributed by atoms with Crippen LogP contribution in [0.5, 0.6) is 0 Å². The second-order valence-electron chi connectivity index (χ2n) is 4.51. The van der Waals surface area contributed by atoms with Crippen molar-refractivity contribution in [3.05, 3.63) is 46.5 Å². The normalized spacial score (nSPS) is 12.1. The first-order valence-corrected chi connectivity index (χ1v) is 7.10. The summed E-state index contributed by atoms with van der Waals surface area (Å²) >= 11 is 1.15. The molecule has 6 heteroatoms. The van der Waals surface area contributed by atoms with Gasteiger partial charge in [0.25, 0.3) is 5.91 Å². The first kappa shape index (κ1) is 14.5. The number of anilines is 1. The number of rotatable bonds is 5. The minimum Gasteiger partial charge on any atom is -0.394 e. The number of nitrogens with one attached hydrogen (secondary N) is 1. The van der Waals surface area contributed by atoms with Gasteiger partial charge in [-0.3, -0.25) is 4.79 Å². The number of nitrogen functional groups attached to an aromatic ring is 1. The van der Waals surface area contributed by atoms with Gasteiger partial charge in [-0.15, -0.1) is 0 Å². The van der Waals surface area contributed by atoms with Gasteiger partial charge < -0.3 is 16.2 Å². The van der Waals surface area contributed by atoms with E-state index in [9.17, 15) is 9.90 Å². The highest BCUT2D eigenvalue weighted by Crippen LogP contribution is 2.19. The predicted octanol–water partition coefficient (Wildman–Crippen LogP) is 1.37. The molecule has 0 fully saturated rings. The molecule has 2 rings (SSSR count). The molecule has 2 aromatic rings. The van der Waals surface area contributed by atoms with Crippen LogP contribution in [0, 0.1) is 6.92 Å². The molecule has 0 aliphatic heterocycles. The summed E-state index contributed by atoms with van der Waals surface area (Å²) < 4.78 is 0. The first-order chi connectivity index (χ1) is 9.60. The number of aromatic nitrogens is 1. The van der Waals surface area contributed by atoms with E-state index in [1.165, 1.54) is 0 Å². The van der Waals surface area contributed by atoms with Crippen LogP contribution in [0.4, 0.5) is 5.13 Å². The van der Waals surface area contributed by atoms with Crippen LogP contribution in [0.2, 0.25) is 0 Å². The molecule has 0 aliphatic rings. The molecule has 1 heterocycles. The zero-order valence-electron chi connectivity index (χ0n) is 11.2. The van der Waals surface area contributed by atoms with E-state index in [1.54, 1.807) is 6.92 Å². The van der Waals surface area contributed by atoms with Crippen LogP contribution in [-0.2, 0) is 6.42 Å². The highest BCUT2D eigenvalue weighted by Gasteiger charge is 2.18. The van der Waals surface area contributed by atoms with Crippen LogP contribution in [-0.4, -0.2) is 28.6 Å². The molecule has 0 bridgehead atoms. The number of carbonyl (C=O) groups is 1. The Hall–Kier alpha value is -1.92. The van der Waals surface area contributed by atoms with Crippen molar-refractivity contribution in [2.24, 2.45) is 0 Å². The van der Waals surface area contributed by atoms with Gasteiger partial charge in [0.15, 0.2) is 5.13 Å². The lowest BCUT2D eigenvalue weighted by molar-refractivity contribution is 0.0920. The average molecular weight is 291 g/mol. The second kappa shape index (κ2) is 6.49. The highest BCUT2D eigenvalue weighted by atomic mass is 32.1. The largest absolute Gasteiger partial charge is 0.394 e. The fourth-order valence-corrected chi connectivity index (χ4v) is 2.68. The van der Waals surface area contributed by atoms with Crippen molar-refractivity contribution in [1.82, 2.24) is 10.3 Å². The Morgan fingerprint density at radius 1 is 1.45 bits per heavy atom. The molecule has 1 atom stereocenters. The summed E-state index contributed by atoms with van der Waals surface area (Å²) in [5.41, 5.74) is 7.26. The van der Waals surface area contributed by atoms with Crippen molar-refractivity contribution in [1.29, 1.82) is 0 Å². The van der Waals surface area contributed by atoms with E-state index in [4.69, 9.17) is 5.73 Å². The summed E-state index contributed by atoms with van der Waals surface area (Å²) in [7, 11) is 0. The maximum absolute atomic E-state index is 12.1. The second-order valence-corrected chi connectivity index (χ2v) is 5.54. The topological polar surface area (TPSA) is 88.2 Å². The minimum absolute atomic E-state index is 0.117. The van der Waals surface area contributed by atoms with Crippen molar-refractivity contribution in [2.75, 3.05) is 12.3 Å². The number of aliphatic hydroxyl groups is 1. The Labute approximate surface area is 121 Å². The zero-order chi connectivity index (χ0) is 14.5. The van der Waals surface area contributed by atoms with Crippen molar-refractivity contribution in [3.8, 4) is 0 Å². The van der Waals surface area contributed by atoms with E-state index in [0.29, 0.717) is 22.1 Å². The van der Waals surface area contributed by atoms with Crippen LogP contribution in [0.1, 0.15) is 20.9 Å². The number of thiazole rings is 1. The van der Waals surface area contributed by atoms with E-state index in [2.05, 4.69) is 10.3 Å². The number of hydrogen-bond acceptors (Lipinski definition) is 5. The molecule has 1 aromatic heterocycles. The van der Waals surface area contributed by atoms with Crippen molar-refractivity contribution >= 4 is 22.4 Å². The molecule has 20 heavy (non-hydrogen) atoms. The Kier molecular flexibility index (Phi) is 4.70. The Bertz CT molecular complexity index is 583. The molecule has 0 radical (unpaired) electrons. The summed E-state index contributed by atoms with van der Waals surface area (Å²) in [4.78, 5) is 16.6. The molecule has 1 amide bonds. The fourth-order valence-electron chi connectivity index (χ4n) is 1.94. The monoisotopic (exact) mass is 291 g/mol. The molecule has 106 valence electrons. The van der Waals surface area contributed by atoms with E-state index in [0.717, 1.165) is 16.9 Å². The number of aryl methyl sites for hydroxylation is 1. The Morgan fingerprint density at radius 2 is 2.15 bits per heavy atom. The smallest absolute Gasteiger partial charge is 0.263 e. The van der Waals surface area contributed by atoms with Crippen LogP contribution in [0.15, 0.2) is 30.3 Å². The fraction of sp³-hybridized carbons (Fsp3) is 0.286. The Balaban J connectivity index is 2.03. The number of hydrogen-bond donors (Lipinski definition) is 3. The van der Waals surface area contributed by atoms with Crippen LogP contribution < -0.4 is 11.1 Å². The lowest BCUT2D eigenvalue weighted by Crippen LogP contribution is -2.39. The Morgan fingerprint density at radius 3 is 2.70 bits per heavy atom. The van der Waals surface area contributed by atoms with Gasteiger partial charge in [0.05, 0.1) is 18.3 Å². The van der Waals surface area contributed by atoms with E-state index < -0.39 is 0 Å². The highest BCUT2D eigenvalue weighted by molar-refractivity contribution is 7.17. The van der Waals surface area contributed by atoms with Crippen molar-refractivity contribution < 1.29 is 9.90 Å². The van der Waals surface area contributed by atoms with Gasteiger partial charge in [-0.1, -0.05) is 41.7 Å². The number of nitrogens with zero attached hydrogens (tertiary/aromatic N) is 1. The molecule has 0 saturated heterocycles. The van der Waals surface area contributed by atoms with Gasteiger partial charge in [-0.05, 0) is 18.9 Å². The van der Waals surface area contributed by atoms with E-state index in [-0.39, 0.29) is 18.6 Å². The lowest BCUT2D eigenvalue weighted by atomic mass is 10.1. The molecule has 0 saturated carbocycles. The quantitative estimate of drug-likeness (QED) is 0.776. The average Bonchev–Trinajstić information content (AvgIpc) is 2.78. The van der Waals surface area contributed by atoms with Crippen molar-refractivity contribution in [2.45, 2.75) is 19.4 Å². The number of benzene rings is 1. The molecular weight excluding hydrogens is 274 g/mol. The molecule has 5 nitrogen and oxygen atoms in total. The van der Waals surface area contributed by atoms with Crippen molar-refractivity contribution in [3.63, 3.8) is 0 Å². The maximum Gasteiger partial charge on any atom is 0.263 e. The van der Waals surface area contributed by atoms with Crippen LogP contribution >= 0.6 is 11.3 Å². The van der Waals surface area contributed by atoms with Gasteiger partial charge in [0.2, 0.25) is 0 Å². The molecule has 0 aliphatic carbocycles. The van der Waals surface area contributed by atoms with Crippen LogP contribution in [0.3, 0.4) is 0 Å². The van der Waals surface area contributed by atoms with Gasteiger partial charge in [0, 0.05) is 0 Å². The number of carbonyl (C=O) groups excluding carboxylic acids is 1. The van der Waals surface area contributed by atoms with E-state index in [1.807, 2.05) is 30.3 Å². The molecule has 0 spiro atoms. The van der Waals surface area contributed by atoms with E-state index >= 15 is 0 Å². The summed E-state index contributed by atoms with van der Waals surface area (Å²) in [6.45, 7) is 1.63. The third kappa shape index (κ3) is 3.55. The van der Waals surface area contributed by atoms with Crippen LogP contribution in [0.25, 0.3) is 0 Å². The van der Waals surface area contributed by atoms with Gasteiger partial charge in [0.1, 0.15) is 4.88 Å². The summed E-state index contributed by atoms with van der Waals surface area (Å²) in [5, 5.41) is 12.6.